The van der Waals surface area contributed by atoms with E-state index in [0.717, 1.165) is 37.4 Å². The van der Waals surface area contributed by atoms with Gasteiger partial charge in [-0.2, -0.15) is 0 Å². The second-order valence-electron chi connectivity index (χ2n) is 7.21. The zero-order valence-electron chi connectivity index (χ0n) is 15.8. The van der Waals surface area contributed by atoms with E-state index >= 15 is 0 Å². The third kappa shape index (κ3) is 3.26. The normalized spacial score (nSPS) is 17.6. The summed E-state index contributed by atoms with van der Waals surface area (Å²) in [7, 11) is 0. The average Bonchev–Trinajstić information content (AvgIpc) is 2.74. The number of rotatable bonds is 4. The van der Waals surface area contributed by atoms with Gasteiger partial charge in [-0.15, -0.1) is 0 Å². The molecule has 146 valence electrons. The summed E-state index contributed by atoms with van der Waals surface area (Å²) in [6.45, 7) is 6.17. The van der Waals surface area contributed by atoms with Crippen LogP contribution in [0.25, 0.3) is 11.3 Å². The van der Waals surface area contributed by atoms with Gasteiger partial charge in [0.05, 0.1) is 29.8 Å². The third-order valence-electron chi connectivity index (χ3n) is 5.31. The number of halogens is 1. The van der Waals surface area contributed by atoms with Gasteiger partial charge in [0.25, 0.3) is 0 Å². The monoisotopic (exact) mass is 389 g/mol. The summed E-state index contributed by atoms with van der Waals surface area (Å²) in [5, 5.41) is 3.25. The molecule has 2 aliphatic heterocycles. The van der Waals surface area contributed by atoms with E-state index in [1.807, 2.05) is 12.1 Å². The fourth-order valence-electron chi connectivity index (χ4n) is 4.06. The Morgan fingerprint density at radius 2 is 2.10 bits per heavy atom. The van der Waals surface area contributed by atoms with Crippen LogP contribution in [-0.4, -0.2) is 39.1 Å². The summed E-state index contributed by atoms with van der Waals surface area (Å²) < 4.78 is 13.7. The summed E-state index contributed by atoms with van der Waals surface area (Å²) in [4.78, 5) is 21.7. The lowest BCUT2D eigenvalue weighted by molar-refractivity contribution is 0.472. The molecule has 8 heteroatoms. The van der Waals surface area contributed by atoms with Crippen molar-refractivity contribution in [3.8, 4) is 11.3 Å². The Morgan fingerprint density at radius 3 is 2.93 bits per heavy atom. The topological polar surface area (TPSA) is 70.1 Å². The number of nitrogens with zero attached hydrogens (tertiary/aromatic N) is 6. The molecule has 1 fully saturated rings. The fourth-order valence-corrected chi connectivity index (χ4v) is 4.06. The quantitative estimate of drug-likeness (QED) is 0.733. The Morgan fingerprint density at radius 1 is 1.17 bits per heavy atom. The molecule has 1 N–H and O–H groups in total. The molecule has 0 saturated carbocycles. The highest BCUT2D eigenvalue weighted by Crippen LogP contribution is 2.40. The van der Waals surface area contributed by atoms with Crippen LogP contribution in [0.1, 0.15) is 12.8 Å². The van der Waals surface area contributed by atoms with Crippen molar-refractivity contribution in [1.82, 2.24) is 19.9 Å². The molecule has 3 aromatic heterocycles. The minimum absolute atomic E-state index is 0.251. The van der Waals surface area contributed by atoms with E-state index in [-0.39, 0.29) is 11.9 Å². The van der Waals surface area contributed by atoms with E-state index < -0.39 is 0 Å². The first kappa shape index (κ1) is 17.5. The third-order valence-corrected chi connectivity index (χ3v) is 5.31. The molecule has 0 aromatic carbocycles. The lowest BCUT2D eigenvalue weighted by atomic mass is 9.99. The minimum Gasteiger partial charge on any atom is -0.366 e. The van der Waals surface area contributed by atoms with Crippen LogP contribution in [0.5, 0.6) is 0 Å². The van der Waals surface area contributed by atoms with Crippen LogP contribution >= 0.6 is 0 Å². The van der Waals surface area contributed by atoms with Crippen LogP contribution in [0.15, 0.2) is 61.6 Å². The lowest BCUT2D eigenvalue weighted by Crippen LogP contribution is -2.53. The summed E-state index contributed by atoms with van der Waals surface area (Å²) in [5.41, 5.74) is 2.37. The molecule has 5 rings (SSSR count). The Labute approximate surface area is 168 Å². The first-order valence-corrected chi connectivity index (χ1v) is 9.57. The van der Waals surface area contributed by atoms with Crippen molar-refractivity contribution in [2.75, 3.05) is 28.2 Å². The van der Waals surface area contributed by atoms with Crippen LogP contribution in [0.2, 0.25) is 0 Å². The molecule has 5 heterocycles. The predicted molar refractivity (Wildman–Crippen MR) is 110 cm³/mol. The number of hydrogen-bond acceptors (Lipinski definition) is 7. The SMILES string of the molecule is C=C(Nc1cnccn1)N1c2nc(-c3cncc(F)c3)ccc2N2CCC[C@H]1C2. The average molecular weight is 389 g/mol. The van der Waals surface area contributed by atoms with Gasteiger partial charge >= 0.3 is 0 Å². The molecule has 0 aliphatic carbocycles. The number of hydrogen-bond donors (Lipinski definition) is 1. The number of nitrogens with one attached hydrogen (secondary N) is 1. The zero-order chi connectivity index (χ0) is 19.8. The van der Waals surface area contributed by atoms with Crippen molar-refractivity contribution in [2.24, 2.45) is 0 Å². The number of fused-ring (bicyclic) bond motifs is 4. The molecule has 0 unspecified atom stereocenters. The summed E-state index contributed by atoms with van der Waals surface area (Å²) in [5.74, 6) is 1.75. The lowest BCUT2D eigenvalue weighted by Gasteiger charge is -2.47. The van der Waals surface area contributed by atoms with Gasteiger partial charge in [-0.3, -0.25) is 9.97 Å². The van der Waals surface area contributed by atoms with Crippen molar-refractivity contribution in [3.05, 3.63) is 67.4 Å². The van der Waals surface area contributed by atoms with Crippen LogP contribution in [-0.2, 0) is 0 Å². The molecule has 1 atom stereocenters. The largest absolute Gasteiger partial charge is 0.366 e. The van der Waals surface area contributed by atoms with Crippen LogP contribution < -0.4 is 15.1 Å². The fraction of sp³-hybridized carbons (Fsp3) is 0.238. The number of piperidine rings is 1. The molecule has 3 aromatic rings. The van der Waals surface area contributed by atoms with Crippen LogP contribution in [0.3, 0.4) is 0 Å². The maximum Gasteiger partial charge on any atom is 0.158 e. The number of aromatic nitrogens is 4. The smallest absolute Gasteiger partial charge is 0.158 e. The highest BCUT2D eigenvalue weighted by molar-refractivity contribution is 5.77. The molecule has 2 aliphatic rings. The molecule has 29 heavy (non-hydrogen) atoms. The minimum atomic E-state index is -0.381. The molecule has 0 amide bonds. The van der Waals surface area contributed by atoms with Crippen molar-refractivity contribution in [2.45, 2.75) is 18.9 Å². The standard InChI is InChI=1S/C21H20FN7/c1-14(26-20-12-23-6-7-25-20)29-17-3-2-8-28(13-17)19-5-4-18(27-21(19)29)15-9-16(22)11-24-10-15/h4-7,9-12,17H,1-3,8,13H2,(H,25,26)/t17-/m0/s1. The van der Waals surface area contributed by atoms with Crippen LogP contribution in [0, 0.1) is 5.82 Å². The van der Waals surface area contributed by atoms with Gasteiger partial charge in [-0.1, -0.05) is 6.58 Å². The number of anilines is 3. The molecule has 7 nitrogen and oxygen atoms in total. The molecule has 2 bridgehead atoms. The Kier molecular flexibility index (Phi) is 4.31. The van der Waals surface area contributed by atoms with Crippen molar-refractivity contribution in [3.63, 3.8) is 0 Å². The van der Waals surface area contributed by atoms with Gasteiger partial charge in [-0.25, -0.2) is 14.4 Å². The van der Waals surface area contributed by atoms with E-state index in [1.165, 1.54) is 12.3 Å². The van der Waals surface area contributed by atoms with Crippen molar-refractivity contribution < 1.29 is 4.39 Å². The van der Waals surface area contributed by atoms with Crippen molar-refractivity contribution >= 4 is 17.3 Å². The van der Waals surface area contributed by atoms with E-state index in [4.69, 9.17) is 4.98 Å². The van der Waals surface area contributed by atoms with E-state index in [9.17, 15) is 4.39 Å². The second-order valence-corrected chi connectivity index (χ2v) is 7.21. The van der Waals surface area contributed by atoms with Gasteiger partial charge in [-0.05, 0) is 31.0 Å². The summed E-state index contributed by atoms with van der Waals surface area (Å²) in [6.07, 6.45) is 9.89. The molecule has 0 spiro atoms. The predicted octanol–water partition coefficient (Wildman–Crippen LogP) is 3.44. The van der Waals surface area contributed by atoms with Gasteiger partial charge in [0.2, 0.25) is 0 Å². The molecular formula is C21H20FN7. The second kappa shape index (κ2) is 7.12. The highest BCUT2D eigenvalue weighted by Gasteiger charge is 2.36. The molecule has 1 saturated heterocycles. The van der Waals surface area contributed by atoms with E-state index in [1.54, 1.807) is 24.8 Å². The summed E-state index contributed by atoms with van der Waals surface area (Å²) in [6, 6.07) is 5.66. The van der Waals surface area contributed by atoms with Gasteiger partial charge < -0.3 is 15.1 Å². The summed E-state index contributed by atoms with van der Waals surface area (Å²) >= 11 is 0. The highest BCUT2D eigenvalue weighted by atomic mass is 19.1. The Bertz CT molecular complexity index is 1060. The first-order chi connectivity index (χ1) is 14.2. The van der Waals surface area contributed by atoms with E-state index in [2.05, 4.69) is 36.6 Å². The molecular weight excluding hydrogens is 369 g/mol. The van der Waals surface area contributed by atoms with E-state index in [0.29, 0.717) is 22.9 Å². The van der Waals surface area contributed by atoms with Crippen molar-refractivity contribution in [1.29, 1.82) is 0 Å². The number of pyridine rings is 2. The van der Waals surface area contributed by atoms with Gasteiger partial charge in [0.1, 0.15) is 17.5 Å². The Balaban J connectivity index is 1.56. The van der Waals surface area contributed by atoms with Gasteiger partial charge in [0.15, 0.2) is 5.82 Å². The maximum atomic E-state index is 13.7. The maximum absolute atomic E-state index is 13.7. The molecule has 0 radical (unpaired) electrons. The first-order valence-electron chi connectivity index (χ1n) is 9.57. The van der Waals surface area contributed by atoms with Gasteiger partial charge in [0, 0.05) is 37.2 Å². The zero-order valence-corrected chi connectivity index (χ0v) is 15.8. The Hall–Kier alpha value is -3.55. The van der Waals surface area contributed by atoms with Crippen LogP contribution in [0.4, 0.5) is 21.7 Å².